The summed E-state index contributed by atoms with van der Waals surface area (Å²) < 4.78 is 11.2. The van der Waals surface area contributed by atoms with Crippen molar-refractivity contribution in [3.05, 3.63) is 41.7 Å². The molecule has 138 valence electrons. The number of benzene rings is 1. The van der Waals surface area contributed by atoms with Crippen LogP contribution in [0, 0.1) is 0 Å². The number of rotatable bonds is 7. The van der Waals surface area contributed by atoms with Crippen molar-refractivity contribution in [2.45, 2.75) is 19.0 Å². The van der Waals surface area contributed by atoms with Crippen LogP contribution < -0.4 is 19.7 Å². The standard InChI is InChI=1S/C18H22N4O4/c1-22(10-16(23)24)18-20-8-12(9-21-18)7-19-14-6-13-4-3-5-15(25-2)17(13)26-11-14/h3-5,8-9,14,19H,6-7,10-11H2,1-2H3,(H,23,24). The van der Waals surface area contributed by atoms with Crippen molar-refractivity contribution in [2.75, 3.05) is 32.2 Å². The quantitative estimate of drug-likeness (QED) is 0.759. The average molecular weight is 358 g/mol. The molecule has 0 saturated carbocycles. The minimum atomic E-state index is -0.920. The van der Waals surface area contributed by atoms with Gasteiger partial charge in [-0.3, -0.25) is 4.79 Å². The summed E-state index contributed by atoms with van der Waals surface area (Å²) in [7, 11) is 3.29. The zero-order valence-corrected chi connectivity index (χ0v) is 14.8. The lowest BCUT2D eigenvalue weighted by Crippen LogP contribution is -2.39. The zero-order chi connectivity index (χ0) is 18.5. The highest BCUT2D eigenvalue weighted by Crippen LogP contribution is 2.34. The molecule has 26 heavy (non-hydrogen) atoms. The van der Waals surface area contributed by atoms with Gasteiger partial charge in [0.05, 0.1) is 7.11 Å². The third kappa shape index (κ3) is 4.20. The van der Waals surface area contributed by atoms with Gasteiger partial charge in [-0.25, -0.2) is 9.97 Å². The van der Waals surface area contributed by atoms with Crippen molar-refractivity contribution in [2.24, 2.45) is 0 Å². The van der Waals surface area contributed by atoms with E-state index >= 15 is 0 Å². The SMILES string of the molecule is COc1cccc2c1OCC(NCc1cnc(N(C)CC(=O)O)nc1)C2. The number of carboxylic acid groups (broad SMARTS) is 1. The van der Waals surface area contributed by atoms with Crippen molar-refractivity contribution in [1.82, 2.24) is 15.3 Å². The molecule has 8 nitrogen and oxygen atoms in total. The Morgan fingerprint density at radius 2 is 2.19 bits per heavy atom. The first-order chi connectivity index (χ1) is 12.6. The van der Waals surface area contributed by atoms with E-state index in [1.807, 2.05) is 18.2 Å². The fraction of sp³-hybridized carbons (Fsp3) is 0.389. The van der Waals surface area contributed by atoms with Gasteiger partial charge in [-0.2, -0.15) is 0 Å². The van der Waals surface area contributed by atoms with Crippen LogP contribution in [0.25, 0.3) is 0 Å². The molecule has 1 aliphatic heterocycles. The summed E-state index contributed by atoms with van der Waals surface area (Å²) in [5.74, 6) is 1.05. The first-order valence-electron chi connectivity index (χ1n) is 8.32. The monoisotopic (exact) mass is 358 g/mol. The highest BCUT2D eigenvalue weighted by atomic mass is 16.5. The third-order valence-electron chi connectivity index (χ3n) is 4.18. The van der Waals surface area contributed by atoms with Crippen LogP contribution in [-0.2, 0) is 17.8 Å². The molecule has 1 atom stereocenters. The lowest BCUT2D eigenvalue weighted by molar-refractivity contribution is -0.135. The van der Waals surface area contributed by atoms with E-state index in [1.165, 1.54) is 4.90 Å². The molecule has 1 aliphatic rings. The molecule has 0 saturated heterocycles. The fourth-order valence-electron chi connectivity index (χ4n) is 2.86. The van der Waals surface area contributed by atoms with E-state index in [0.29, 0.717) is 19.1 Å². The van der Waals surface area contributed by atoms with E-state index < -0.39 is 5.97 Å². The van der Waals surface area contributed by atoms with Crippen LogP contribution in [0.5, 0.6) is 11.5 Å². The Bertz CT molecular complexity index is 766. The van der Waals surface area contributed by atoms with E-state index in [4.69, 9.17) is 14.6 Å². The molecule has 8 heteroatoms. The van der Waals surface area contributed by atoms with E-state index in [2.05, 4.69) is 15.3 Å². The fourth-order valence-corrected chi connectivity index (χ4v) is 2.86. The highest BCUT2D eigenvalue weighted by molar-refractivity contribution is 5.72. The van der Waals surface area contributed by atoms with Crippen LogP contribution in [-0.4, -0.2) is 54.4 Å². The molecule has 2 heterocycles. The molecule has 1 aromatic heterocycles. The Morgan fingerprint density at radius 3 is 2.88 bits per heavy atom. The number of likely N-dealkylation sites (N-methyl/N-ethyl adjacent to an activating group) is 1. The maximum atomic E-state index is 10.7. The molecular formula is C18H22N4O4. The molecule has 1 unspecified atom stereocenters. The third-order valence-corrected chi connectivity index (χ3v) is 4.18. The van der Waals surface area contributed by atoms with Crippen LogP contribution in [0.3, 0.4) is 0 Å². The molecule has 0 fully saturated rings. The minimum absolute atomic E-state index is 0.139. The van der Waals surface area contributed by atoms with Gasteiger partial charge >= 0.3 is 5.97 Å². The van der Waals surface area contributed by atoms with Gasteiger partial charge in [0.25, 0.3) is 0 Å². The molecule has 0 radical (unpaired) electrons. The average Bonchev–Trinajstić information content (AvgIpc) is 2.65. The largest absolute Gasteiger partial charge is 0.493 e. The van der Waals surface area contributed by atoms with Crippen molar-refractivity contribution >= 4 is 11.9 Å². The number of fused-ring (bicyclic) bond motifs is 1. The van der Waals surface area contributed by atoms with Crippen LogP contribution in [0.2, 0.25) is 0 Å². The normalized spacial score (nSPS) is 15.7. The Hall–Kier alpha value is -2.87. The van der Waals surface area contributed by atoms with Crippen molar-refractivity contribution < 1.29 is 19.4 Å². The van der Waals surface area contributed by atoms with Crippen molar-refractivity contribution in [3.8, 4) is 11.5 Å². The number of anilines is 1. The van der Waals surface area contributed by atoms with Crippen molar-refractivity contribution in [3.63, 3.8) is 0 Å². The topological polar surface area (TPSA) is 96.8 Å². The number of hydrogen-bond acceptors (Lipinski definition) is 7. The first kappa shape index (κ1) is 17.9. The van der Waals surface area contributed by atoms with Crippen molar-refractivity contribution in [1.29, 1.82) is 0 Å². The van der Waals surface area contributed by atoms with Gasteiger partial charge in [0.2, 0.25) is 5.95 Å². The second-order valence-corrected chi connectivity index (χ2v) is 6.18. The first-order valence-corrected chi connectivity index (χ1v) is 8.32. The van der Waals surface area contributed by atoms with Crippen LogP contribution >= 0.6 is 0 Å². The zero-order valence-electron chi connectivity index (χ0n) is 14.8. The van der Waals surface area contributed by atoms with Gasteiger partial charge in [0, 0.05) is 37.6 Å². The molecule has 0 bridgehead atoms. The number of aromatic nitrogens is 2. The Labute approximate surface area is 151 Å². The van der Waals surface area contributed by atoms with E-state index in [1.54, 1.807) is 26.6 Å². The summed E-state index contributed by atoms with van der Waals surface area (Å²) in [6, 6.07) is 6.09. The van der Waals surface area contributed by atoms with E-state index in [9.17, 15) is 4.79 Å². The Morgan fingerprint density at radius 1 is 1.42 bits per heavy atom. The summed E-state index contributed by atoms with van der Waals surface area (Å²) >= 11 is 0. The predicted molar refractivity (Wildman–Crippen MR) is 95.8 cm³/mol. The molecule has 0 spiro atoms. The molecule has 0 aliphatic carbocycles. The van der Waals surface area contributed by atoms with Crippen LogP contribution in [0.1, 0.15) is 11.1 Å². The number of para-hydroxylation sites is 1. The minimum Gasteiger partial charge on any atom is -0.493 e. The number of ether oxygens (including phenoxy) is 2. The highest BCUT2D eigenvalue weighted by Gasteiger charge is 2.22. The summed E-state index contributed by atoms with van der Waals surface area (Å²) in [4.78, 5) is 20.6. The molecule has 2 N–H and O–H groups in total. The molecule has 2 aromatic rings. The lowest BCUT2D eigenvalue weighted by atomic mass is 10.0. The number of aliphatic carboxylic acids is 1. The van der Waals surface area contributed by atoms with Gasteiger partial charge in [-0.15, -0.1) is 0 Å². The summed E-state index contributed by atoms with van der Waals surface area (Å²) in [6.45, 7) is 1.03. The molecular weight excluding hydrogens is 336 g/mol. The second kappa shape index (κ2) is 8.01. The molecule has 1 aromatic carbocycles. The maximum absolute atomic E-state index is 10.7. The van der Waals surface area contributed by atoms with Crippen LogP contribution in [0.4, 0.5) is 5.95 Å². The van der Waals surface area contributed by atoms with Gasteiger partial charge in [0.1, 0.15) is 13.2 Å². The van der Waals surface area contributed by atoms with Gasteiger partial charge < -0.3 is 24.8 Å². The van der Waals surface area contributed by atoms with E-state index in [-0.39, 0.29) is 12.6 Å². The number of hydrogen-bond donors (Lipinski definition) is 2. The lowest BCUT2D eigenvalue weighted by Gasteiger charge is -2.27. The van der Waals surface area contributed by atoms with Gasteiger partial charge in [0.15, 0.2) is 11.5 Å². The molecule has 0 amide bonds. The van der Waals surface area contributed by atoms with Gasteiger partial charge in [-0.1, -0.05) is 12.1 Å². The maximum Gasteiger partial charge on any atom is 0.323 e. The Kier molecular flexibility index (Phi) is 5.52. The second-order valence-electron chi connectivity index (χ2n) is 6.18. The Balaban J connectivity index is 1.55. The summed E-state index contributed by atoms with van der Waals surface area (Å²) in [5.41, 5.74) is 2.05. The molecule has 3 rings (SSSR count). The smallest absolute Gasteiger partial charge is 0.323 e. The summed E-state index contributed by atoms with van der Waals surface area (Å²) in [5, 5.41) is 12.2. The summed E-state index contributed by atoms with van der Waals surface area (Å²) in [6.07, 6.45) is 4.26. The number of nitrogens with zero attached hydrogens (tertiary/aromatic N) is 3. The number of carboxylic acids is 1. The number of methoxy groups -OCH3 is 1. The predicted octanol–water partition coefficient (Wildman–Crippen LogP) is 1.10. The number of nitrogens with one attached hydrogen (secondary N) is 1. The van der Waals surface area contributed by atoms with Gasteiger partial charge in [-0.05, 0) is 18.1 Å². The van der Waals surface area contributed by atoms with Crippen LogP contribution in [0.15, 0.2) is 30.6 Å². The number of carbonyl (C=O) groups is 1. The van der Waals surface area contributed by atoms with E-state index in [0.717, 1.165) is 29.0 Å².